The number of aryl methyl sites for hydroxylation is 1. The van der Waals surface area contributed by atoms with Crippen molar-refractivity contribution < 1.29 is 19.1 Å². The summed E-state index contributed by atoms with van der Waals surface area (Å²) in [6.45, 7) is 12.0. The van der Waals surface area contributed by atoms with Crippen LogP contribution in [0.3, 0.4) is 0 Å². The first kappa shape index (κ1) is 28.1. The van der Waals surface area contributed by atoms with E-state index >= 15 is 0 Å². The molecule has 0 bridgehead atoms. The largest absolute Gasteiger partial charge is 0.453 e. The maximum absolute atomic E-state index is 13.7. The van der Waals surface area contributed by atoms with Gasteiger partial charge in [0.2, 0.25) is 11.8 Å². The molecule has 2 heterocycles. The molecular weight excluding hydrogens is 498 g/mol. The van der Waals surface area contributed by atoms with Crippen LogP contribution in [0.1, 0.15) is 45.7 Å². The van der Waals surface area contributed by atoms with Gasteiger partial charge in [0.25, 0.3) is 5.56 Å². The van der Waals surface area contributed by atoms with Crippen molar-refractivity contribution in [2.24, 2.45) is 22.7 Å². The molecule has 4 rings (SSSR count). The minimum atomic E-state index is -0.967. The van der Waals surface area contributed by atoms with Crippen molar-refractivity contribution in [1.29, 1.82) is 5.26 Å². The van der Waals surface area contributed by atoms with Crippen LogP contribution in [0.2, 0.25) is 0 Å². The Morgan fingerprint density at radius 1 is 1.23 bits per heavy atom. The third-order valence-electron chi connectivity index (χ3n) is 8.29. The first-order chi connectivity index (χ1) is 18.2. The molecule has 2 unspecified atom stereocenters. The van der Waals surface area contributed by atoms with Gasteiger partial charge >= 0.3 is 6.09 Å². The van der Waals surface area contributed by atoms with E-state index in [0.717, 1.165) is 10.9 Å². The summed E-state index contributed by atoms with van der Waals surface area (Å²) in [5.74, 6) is -0.757. The second kappa shape index (κ2) is 10.0. The molecule has 1 saturated heterocycles. The number of nitriles is 1. The number of nitrogens with one attached hydrogen (secondary N) is 3. The molecular formula is C29H37N5O5. The molecule has 0 radical (unpaired) electrons. The maximum atomic E-state index is 13.7. The topological polar surface area (TPSA) is 144 Å². The number of fused-ring (bicyclic) bond motifs is 2. The molecule has 10 heteroatoms. The van der Waals surface area contributed by atoms with Gasteiger partial charge in [-0.25, -0.2) is 4.79 Å². The number of aromatic nitrogens is 1. The number of nitrogens with zero attached hydrogens (tertiary/aromatic N) is 2. The monoisotopic (exact) mass is 535 g/mol. The summed E-state index contributed by atoms with van der Waals surface area (Å²) in [5.41, 5.74) is 1.03. The Balaban J connectivity index is 1.57. The number of aromatic amines is 1. The van der Waals surface area contributed by atoms with E-state index in [9.17, 15) is 24.4 Å². The number of hydrogen-bond acceptors (Lipinski definition) is 6. The lowest BCUT2D eigenvalue weighted by Gasteiger charge is -2.37. The van der Waals surface area contributed by atoms with Gasteiger partial charge in [-0.3, -0.25) is 14.4 Å². The predicted molar refractivity (Wildman–Crippen MR) is 146 cm³/mol. The van der Waals surface area contributed by atoms with E-state index in [2.05, 4.69) is 35.5 Å². The van der Waals surface area contributed by atoms with Crippen LogP contribution in [0, 0.1) is 40.9 Å². The summed E-state index contributed by atoms with van der Waals surface area (Å²) in [4.78, 5) is 56.5. The number of alkyl carbamates (subject to hydrolysis) is 1. The van der Waals surface area contributed by atoms with E-state index in [1.54, 1.807) is 6.07 Å². The Kier molecular flexibility index (Phi) is 7.23. The molecule has 0 spiro atoms. The normalized spacial score (nSPS) is 22.8. The maximum Gasteiger partial charge on any atom is 0.407 e. The molecule has 1 saturated carbocycles. The van der Waals surface area contributed by atoms with Crippen LogP contribution in [-0.4, -0.2) is 59.6 Å². The lowest BCUT2D eigenvalue weighted by Crippen LogP contribution is -2.59. The summed E-state index contributed by atoms with van der Waals surface area (Å²) in [5, 5.41) is 16.1. The number of H-pyrrole nitrogens is 1. The van der Waals surface area contributed by atoms with E-state index in [-0.39, 0.29) is 35.1 Å². The summed E-state index contributed by atoms with van der Waals surface area (Å²) in [7, 11) is 1.23. The number of likely N-dealkylation sites (tertiary alicyclic amines) is 1. The van der Waals surface area contributed by atoms with Crippen molar-refractivity contribution >= 4 is 28.8 Å². The fraction of sp³-hybridized carbons (Fsp3) is 0.552. The molecule has 1 aromatic heterocycles. The lowest BCUT2D eigenvalue weighted by atomic mass is 9.85. The molecule has 1 aliphatic carbocycles. The second-order valence-corrected chi connectivity index (χ2v) is 12.4. The molecule has 208 valence electrons. The van der Waals surface area contributed by atoms with Crippen LogP contribution in [0.15, 0.2) is 29.1 Å². The van der Waals surface area contributed by atoms with Gasteiger partial charge in [-0.05, 0) is 53.2 Å². The highest BCUT2D eigenvalue weighted by Gasteiger charge is 2.69. The Bertz CT molecular complexity index is 1420. The van der Waals surface area contributed by atoms with Crippen molar-refractivity contribution in [3.8, 4) is 6.07 Å². The number of pyridine rings is 1. The van der Waals surface area contributed by atoms with Gasteiger partial charge in [0, 0.05) is 24.0 Å². The summed E-state index contributed by atoms with van der Waals surface area (Å²) in [6, 6.07) is 6.86. The average molecular weight is 536 g/mol. The molecule has 10 nitrogen and oxygen atoms in total. The van der Waals surface area contributed by atoms with E-state index in [0.29, 0.717) is 17.6 Å². The van der Waals surface area contributed by atoms with Crippen LogP contribution in [0.5, 0.6) is 0 Å². The number of carbonyl (C=O) groups is 3. The zero-order valence-electron chi connectivity index (χ0n) is 23.5. The first-order valence-corrected chi connectivity index (χ1v) is 13.2. The first-order valence-electron chi connectivity index (χ1n) is 13.2. The standard InChI is InChI=1S/C29H37N5O5/c1-15-8-9-20-16(10-15)11-17(24(35)32-20)12-18(13-30)31-25(36)22-21-19(29(21,5)6)14-34(22)26(37)23(28(2,3)4)33-27(38)39-7/h8-11,18-19,21-23H,12,14H2,1-7H3,(H,31,36)(H,32,35)(H,33,38)/t18-,19?,21+,22?,23+/m1/s1. The molecule has 2 aromatic rings. The SMILES string of the molecule is COC(=O)N[C@@H](C(=O)N1CC2[C@@H](C1C(=O)N[C@@H](C#N)Cc1cc3cc(C)ccc3[nH]c1=O)C2(C)C)C(C)(C)C. The number of rotatable bonds is 6. The van der Waals surface area contributed by atoms with Crippen LogP contribution in [0.25, 0.3) is 10.9 Å². The third kappa shape index (κ3) is 5.35. The fourth-order valence-corrected chi connectivity index (χ4v) is 5.93. The number of piperidine rings is 1. The quantitative estimate of drug-likeness (QED) is 0.519. The van der Waals surface area contributed by atoms with Crippen molar-refractivity contribution in [3.05, 3.63) is 45.7 Å². The molecule has 5 atom stereocenters. The molecule has 1 aliphatic heterocycles. The minimum Gasteiger partial charge on any atom is -0.453 e. The Morgan fingerprint density at radius 3 is 2.54 bits per heavy atom. The summed E-state index contributed by atoms with van der Waals surface area (Å²) in [6.07, 6.45) is -0.706. The van der Waals surface area contributed by atoms with Gasteiger partial charge in [0.05, 0.1) is 13.2 Å². The number of hydrogen-bond donors (Lipinski definition) is 3. The van der Waals surface area contributed by atoms with Crippen molar-refractivity contribution in [3.63, 3.8) is 0 Å². The van der Waals surface area contributed by atoms with E-state index < -0.39 is 35.5 Å². The molecule has 3 N–H and O–H groups in total. The Hall–Kier alpha value is -3.87. The number of ether oxygens (including phenoxy) is 1. The zero-order chi connectivity index (χ0) is 28.9. The third-order valence-corrected chi connectivity index (χ3v) is 8.29. The van der Waals surface area contributed by atoms with Crippen molar-refractivity contribution in [2.45, 2.75) is 66.1 Å². The highest BCUT2D eigenvalue weighted by atomic mass is 16.5. The van der Waals surface area contributed by atoms with Gasteiger partial charge in [-0.2, -0.15) is 5.26 Å². The van der Waals surface area contributed by atoms with Crippen LogP contribution in [-0.2, 0) is 20.7 Å². The molecule has 39 heavy (non-hydrogen) atoms. The van der Waals surface area contributed by atoms with E-state index in [1.807, 2.05) is 45.9 Å². The Labute approximate surface area is 228 Å². The molecule has 1 aromatic carbocycles. The molecule has 2 fully saturated rings. The number of methoxy groups -OCH3 is 1. The fourth-order valence-electron chi connectivity index (χ4n) is 5.93. The predicted octanol–water partition coefficient (Wildman–Crippen LogP) is 2.64. The van der Waals surface area contributed by atoms with Crippen LogP contribution >= 0.6 is 0 Å². The number of carbonyl (C=O) groups excluding carboxylic acids is 3. The van der Waals surface area contributed by atoms with Crippen LogP contribution in [0.4, 0.5) is 4.79 Å². The van der Waals surface area contributed by atoms with E-state index in [4.69, 9.17) is 4.74 Å². The van der Waals surface area contributed by atoms with Crippen molar-refractivity contribution in [2.75, 3.05) is 13.7 Å². The average Bonchev–Trinajstić information content (AvgIpc) is 3.18. The van der Waals surface area contributed by atoms with Gasteiger partial charge < -0.3 is 25.3 Å². The highest BCUT2D eigenvalue weighted by Crippen LogP contribution is 2.65. The molecule has 2 aliphatic rings. The van der Waals surface area contributed by atoms with Crippen LogP contribution < -0.4 is 16.2 Å². The smallest absolute Gasteiger partial charge is 0.407 e. The van der Waals surface area contributed by atoms with E-state index in [1.165, 1.54) is 12.0 Å². The second-order valence-electron chi connectivity index (χ2n) is 12.4. The van der Waals surface area contributed by atoms with Gasteiger partial charge in [-0.1, -0.05) is 46.2 Å². The van der Waals surface area contributed by atoms with Crippen molar-refractivity contribution in [1.82, 2.24) is 20.5 Å². The number of benzene rings is 1. The van der Waals surface area contributed by atoms with Gasteiger partial charge in [0.15, 0.2) is 0 Å². The summed E-state index contributed by atoms with van der Waals surface area (Å²) >= 11 is 0. The Morgan fingerprint density at radius 2 is 1.92 bits per heavy atom. The summed E-state index contributed by atoms with van der Waals surface area (Å²) < 4.78 is 4.73. The van der Waals surface area contributed by atoms with Gasteiger partial charge in [0.1, 0.15) is 18.1 Å². The molecule has 3 amide bonds. The zero-order valence-corrected chi connectivity index (χ0v) is 23.5. The number of amides is 3. The van der Waals surface area contributed by atoms with Gasteiger partial charge in [-0.15, -0.1) is 0 Å². The highest BCUT2D eigenvalue weighted by molar-refractivity contribution is 5.93. The lowest BCUT2D eigenvalue weighted by molar-refractivity contribution is -0.144. The minimum absolute atomic E-state index is 0.0219.